The fourth-order valence-corrected chi connectivity index (χ4v) is 2.00. The van der Waals surface area contributed by atoms with Crippen LogP contribution < -0.4 is 0 Å². The maximum atomic E-state index is 12.0. The highest BCUT2D eigenvalue weighted by Crippen LogP contribution is 2.16. The zero-order valence-electron chi connectivity index (χ0n) is 9.99. The lowest BCUT2D eigenvalue weighted by Crippen LogP contribution is -2.61. The van der Waals surface area contributed by atoms with Crippen LogP contribution in [0.25, 0.3) is 0 Å². The Labute approximate surface area is 98.6 Å². The van der Waals surface area contributed by atoms with Gasteiger partial charge < -0.3 is 5.11 Å². The van der Waals surface area contributed by atoms with Crippen molar-refractivity contribution >= 4 is 24.1 Å². The van der Waals surface area contributed by atoms with Gasteiger partial charge in [0.2, 0.25) is 0 Å². The summed E-state index contributed by atoms with van der Waals surface area (Å²) in [5.41, 5.74) is 0. The standard InChI is InChI=1S/C10H15N4O3/c1-6(15)4-14-5-11-8-7(14)9(16)13(3)10(17)12(8)2/h5-7,15H,4H2,1-3H3/q+1/t6-,7?/m1/s1. The third-order valence-electron chi connectivity index (χ3n) is 2.87. The van der Waals surface area contributed by atoms with Crippen LogP contribution in [0.3, 0.4) is 0 Å². The van der Waals surface area contributed by atoms with Gasteiger partial charge in [-0.15, -0.1) is 0 Å². The Morgan fingerprint density at radius 2 is 2.12 bits per heavy atom. The predicted molar refractivity (Wildman–Crippen MR) is 60.0 cm³/mol. The van der Waals surface area contributed by atoms with Gasteiger partial charge in [-0.05, 0) is 11.9 Å². The molecular formula is C10H15N4O3+. The third-order valence-corrected chi connectivity index (χ3v) is 2.87. The number of fused-ring (bicyclic) bond motifs is 1. The molecule has 2 aliphatic heterocycles. The normalized spacial score (nSPS) is 25.8. The van der Waals surface area contributed by atoms with E-state index in [0.717, 1.165) is 4.90 Å². The molecular weight excluding hydrogens is 224 g/mol. The fourth-order valence-electron chi connectivity index (χ4n) is 2.00. The van der Waals surface area contributed by atoms with Gasteiger partial charge in [0.05, 0.1) is 6.10 Å². The van der Waals surface area contributed by atoms with Gasteiger partial charge in [0, 0.05) is 14.1 Å². The minimum Gasteiger partial charge on any atom is -0.389 e. The maximum Gasteiger partial charge on any atom is 0.333 e. The third kappa shape index (κ3) is 1.72. The highest BCUT2D eigenvalue weighted by Gasteiger charge is 2.50. The molecule has 0 radical (unpaired) electrons. The van der Waals surface area contributed by atoms with Crippen LogP contribution in [0.15, 0.2) is 4.99 Å². The predicted octanol–water partition coefficient (Wildman–Crippen LogP) is -1.29. The highest BCUT2D eigenvalue weighted by atomic mass is 16.3. The van der Waals surface area contributed by atoms with Crippen LogP contribution in [0, 0.1) is 0 Å². The molecule has 1 unspecified atom stereocenters. The molecule has 2 aliphatic rings. The van der Waals surface area contributed by atoms with E-state index < -0.39 is 18.2 Å². The first-order valence-electron chi connectivity index (χ1n) is 5.33. The number of aliphatic hydroxyl groups excluding tert-OH is 1. The van der Waals surface area contributed by atoms with Crippen LogP contribution in [0.4, 0.5) is 4.79 Å². The molecule has 1 saturated heterocycles. The minimum atomic E-state index is -0.600. The van der Waals surface area contributed by atoms with E-state index >= 15 is 0 Å². The summed E-state index contributed by atoms with van der Waals surface area (Å²) in [4.78, 5) is 30.2. The van der Waals surface area contributed by atoms with E-state index in [2.05, 4.69) is 4.99 Å². The largest absolute Gasteiger partial charge is 0.389 e. The van der Waals surface area contributed by atoms with E-state index in [1.807, 2.05) is 0 Å². The number of aliphatic imine (C=N–C) groups is 1. The number of rotatable bonds is 2. The number of likely N-dealkylation sites (N-methyl/N-ethyl adjacent to an activating group) is 2. The molecule has 2 heterocycles. The number of aliphatic hydroxyl groups is 1. The van der Waals surface area contributed by atoms with E-state index in [1.165, 1.54) is 18.3 Å². The second kappa shape index (κ2) is 3.92. The van der Waals surface area contributed by atoms with Gasteiger partial charge in [0.15, 0.2) is 0 Å². The van der Waals surface area contributed by atoms with Crippen LogP contribution in [0.2, 0.25) is 0 Å². The van der Waals surface area contributed by atoms with Gasteiger partial charge in [-0.3, -0.25) is 14.6 Å². The summed E-state index contributed by atoms with van der Waals surface area (Å²) in [5.74, 6) is 0.0972. The number of carbonyl (C=O) groups is 2. The summed E-state index contributed by atoms with van der Waals surface area (Å²) in [6.07, 6.45) is 0.926. The average molecular weight is 239 g/mol. The first-order valence-corrected chi connectivity index (χ1v) is 5.33. The van der Waals surface area contributed by atoms with Crippen molar-refractivity contribution in [3.05, 3.63) is 0 Å². The van der Waals surface area contributed by atoms with Gasteiger partial charge in [-0.1, -0.05) is 0 Å². The number of nitrogens with zero attached hydrogens (tertiary/aromatic N) is 4. The summed E-state index contributed by atoms with van der Waals surface area (Å²) in [6, 6.07) is -0.991. The van der Waals surface area contributed by atoms with E-state index in [-0.39, 0.29) is 5.91 Å². The molecule has 92 valence electrons. The number of urea groups is 1. The first kappa shape index (κ1) is 11.7. The number of amides is 3. The van der Waals surface area contributed by atoms with Crippen molar-refractivity contribution in [3.8, 4) is 0 Å². The van der Waals surface area contributed by atoms with E-state index in [0.29, 0.717) is 12.4 Å². The molecule has 0 aromatic heterocycles. The first-order chi connectivity index (χ1) is 7.93. The van der Waals surface area contributed by atoms with Crippen molar-refractivity contribution in [2.24, 2.45) is 4.99 Å². The lowest BCUT2D eigenvalue weighted by atomic mass is 10.1. The number of amidine groups is 1. The van der Waals surface area contributed by atoms with Crippen molar-refractivity contribution in [1.29, 1.82) is 0 Å². The Morgan fingerprint density at radius 1 is 1.47 bits per heavy atom. The summed E-state index contributed by atoms with van der Waals surface area (Å²) >= 11 is 0. The Morgan fingerprint density at radius 3 is 2.71 bits per heavy atom. The summed E-state index contributed by atoms with van der Waals surface area (Å²) in [6.45, 7) is 1.94. The van der Waals surface area contributed by atoms with Crippen molar-refractivity contribution in [2.45, 2.75) is 19.1 Å². The molecule has 0 saturated carbocycles. The Balaban J connectivity index is 2.29. The van der Waals surface area contributed by atoms with Gasteiger partial charge in [-0.25, -0.2) is 9.37 Å². The SMILES string of the molecule is C[C@@H](O)C[N+]1=CN=C2C1C(=O)N(C)C(=O)N2C. The lowest BCUT2D eigenvalue weighted by molar-refractivity contribution is -0.538. The monoisotopic (exact) mass is 239 g/mol. The van der Waals surface area contributed by atoms with Gasteiger partial charge in [0.1, 0.15) is 6.54 Å². The Bertz CT molecular complexity index is 441. The maximum absolute atomic E-state index is 12.0. The van der Waals surface area contributed by atoms with Crippen molar-refractivity contribution in [2.75, 3.05) is 20.6 Å². The lowest BCUT2D eigenvalue weighted by Gasteiger charge is -2.30. The van der Waals surface area contributed by atoms with E-state index in [1.54, 1.807) is 18.5 Å². The molecule has 2 atom stereocenters. The highest BCUT2D eigenvalue weighted by molar-refractivity contribution is 6.21. The molecule has 0 spiro atoms. The molecule has 3 amide bonds. The number of carbonyl (C=O) groups excluding carboxylic acids is 2. The summed E-state index contributed by atoms with van der Waals surface area (Å²) in [5, 5.41) is 9.36. The van der Waals surface area contributed by atoms with Gasteiger partial charge >= 0.3 is 6.03 Å². The second-order valence-electron chi connectivity index (χ2n) is 4.29. The van der Waals surface area contributed by atoms with Crippen LogP contribution in [0.5, 0.6) is 0 Å². The molecule has 0 aromatic rings. The van der Waals surface area contributed by atoms with E-state index in [4.69, 9.17) is 0 Å². The second-order valence-corrected chi connectivity index (χ2v) is 4.29. The fraction of sp³-hybridized carbons (Fsp3) is 0.600. The summed E-state index contributed by atoms with van der Waals surface area (Å²) in [7, 11) is 3.02. The van der Waals surface area contributed by atoms with Gasteiger partial charge in [0.25, 0.3) is 24.1 Å². The number of hydrogen-bond acceptors (Lipinski definition) is 4. The molecule has 0 bridgehead atoms. The van der Waals surface area contributed by atoms with E-state index in [9.17, 15) is 14.7 Å². The molecule has 2 rings (SSSR count). The Hall–Kier alpha value is -1.76. The number of β-amino-alcohol motifs (C(OH)–C–C–N with tert-alkyl or cyclic N) is 1. The Kier molecular flexibility index (Phi) is 2.70. The zero-order valence-corrected chi connectivity index (χ0v) is 9.99. The summed E-state index contributed by atoms with van der Waals surface area (Å²) < 4.78 is 1.64. The molecule has 17 heavy (non-hydrogen) atoms. The van der Waals surface area contributed by atoms with Crippen LogP contribution in [0.1, 0.15) is 6.92 Å². The average Bonchev–Trinajstić information content (AvgIpc) is 2.66. The van der Waals surface area contributed by atoms with Crippen LogP contribution >= 0.6 is 0 Å². The molecule has 1 fully saturated rings. The molecule has 1 N–H and O–H groups in total. The quantitative estimate of drug-likeness (QED) is 0.609. The topological polar surface area (TPSA) is 76.2 Å². The zero-order chi connectivity index (χ0) is 12.7. The van der Waals surface area contributed by atoms with Crippen molar-refractivity contribution < 1.29 is 19.3 Å². The molecule has 0 aromatic carbocycles. The number of hydrogen-bond donors (Lipinski definition) is 1. The molecule has 7 nitrogen and oxygen atoms in total. The van der Waals surface area contributed by atoms with Crippen molar-refractivity contribution in [3.63, 3.8) is 0 Å². The minimum absolute atomic E-state index is 0.305. The van der Waals surface area contributed by atoms with Crippen molar-refractivity contribution in [1.82, 2.24) is 9.80 Å². The van der Waals surface area contributed by atoms with Crippen LogP contribution in [-0.4, -0.2) is 76.4 Å². The van der Waals surface area contributed by atoms with Gasteiger partial charge in [-0.2, -0.15) is 0 Å². The van der Waals surface area contributed by atoms with Crippen LogP contribution in [-0.2, 0) is 4.79 Å². The number of imide groups is 1. The molecule has 0 aliphatic carbocycles. The smallest absolute Gasteiger partial charge is 0.333 e. The molecule has 7 heteroatoms.